The van der Waals surface area contributed by atoms with Gasteiger partial charge >= 0.3 is 5.97 Å². The molecule has 0 saturated carbocycles. The molecular formula is C33H37ClN2O5S. The van der Waals surface area contributed by atoms with E-state index in [1.807, 2.05) is 30.3 Å². The Hall–Kier alpha value is -3.07. The van der Waals surface area contributed by atoms with Gasteiger partial charge in [0.2, 0.25) is 5.91 Å². The van der Waals surface area contributed by atoms with Crippen molar-refractivity contribution >= 4 is 46.8 Å². The Kier molecular flexibility index (Phi) is 9.16. The molecule has 3 fully saturated rings. The highest BCUT2D eigenvalue weighted by Gasteiger charge is 2.77. The quantitative estimate of drug-likeness (QED) is 0.196. The first-order chi connectivity index (χ1) is 20.3. The number of aliphatic hydroxyl groups is 1. The van der Waals surface area contributed by atoms with Crippen molar-refractivity contribution in [2.24, 2.45) is 17.8 Å². The fraction of sp³-hybridized carbons (Fsp3) is 0.424. The lowest BCUT2D eigenvalue weighted by atomic mass is 9.66. The molecule has 3 heterocycles. The minimum atomic E-state index is -0.952. The van der Waals surface area contributed by atoms with Crippen LogP contribution < -0.4 is 4.90 Å². The maximum Gasteiger partial charge on any atom is 0.310 e. The Bertz CT molecular complexity index is 1350. The topological polar surface area (TPSA) is 87.2 Å². The van der Waals surface area contributed by atoms with Crippen LogP contribution in [-0.4, -0.2) is 63.6 Å². The third-order valence-electron chi connectivity index (χ3n) is 8.90. The third kappa shape index (κ3) is 4.97. The average molecular weight is 609 g/mol. The monoisotopic (exact) mass is 608 g/mol. The molecule has 0 aromatic heterocycles. The number of rotatable bonds is 12. The number of anilines is 1. The van der Waals surface area contributed by atoms with E-state index in [1.54, 1.807) is 58.0 Å². The second-order valence-electron chi connectivity index (χ2n) is 11.2. The molecule has 42 heavy (non-hydrogen) atoms. The number of para-hydroxylation sites is 1. The van der Waals surface area contributed by atoms with E-state index >= 15 is 0 Å². The minimum Gasteiger partial charge on any atom is -0.465 e. The van der Waals surface area contributed by atoms with Crippen molar-refractivity contribution in [2.45, 2.75) is 48.3 Å². The second kappa shape index (κ2) is 12.7. The predicted octanol–water partition coefficient (Wildman–Crippen LogP) is 5.44. The largest absolute Gasteiger partial charge is 0.465 e. The minimum absolute atomic E-state index is 0.0443. The number of nitrogens with zero attached hydrogens (tertiary/aromatic N) is 2. The molecule has 2 bridgehead atoms. The van der Waals surface area contributed by atoms with Crippen LogP contribution in [0.2, 0.25) is 5.02 Å². The fourth-order valence-electron chi connectivity index (χ4n) is 7.12. The van der Waals surface area contributed by atoms with E-state index in [1.165, 1.54) is 0 Å². The molecule has 7 atom stereocenters. The normalized spacial score (nSPS) is 28.3. The maximum absolute atomic E-state index is 14.9. The first kappa shape index (κ1) is 30.4. The molecule has 3 unspecified atom stereocenters. The summed E-state index contributed by atoms with van der Waals surface area (Å²) in [7, 11) is 0. The lowest BCUT2D eigenvalue weighted by Crippen LogP contribution is -2.58. The molecule has 3 aliphatic heterocycles. The van der Waals surface area contributed by atoms with Crippen LogP contribution in [0.5, 0.6) is 0 Å². The van der Waals surface area contributed by atoms with E-state index in [9.17, 15) is 19.5 Å². The van der Waals surface area contributed by atoms with E-state index in [2.05, 4.69) is 20.1 Å². The standard InChI is InChI=1S/C33H37ClN2O5S/c1-4-6-12-18-41-32(40)27-26-19-21(3)33(42-26)28(27)30(38)36(25(20-37)22-13-8-7-9-14-22)29(33)31(39)35(17-5-2)24-16-11-10-15-23(24)34/h4-5,7-11,13-16,21,25-29,37H,1-2,6,12,17-20H2,3H3/t21?,25-,26+,27-,28+,29?,33?/m1/s1. The van der Waals surface area contributed by atoms with Crippen LogP contribution in [0.4, 0.5) is 5.69 Å². The number of aliphatic hydroxyl groups excluding tert-OH is 1. The van der Waals surface area contributed by atoms with Crippen LogP contribution in [0.1, 0.15) is 37.8 Å². The van der Waals surface area contributed by atoms with Crippen molar-refractivity contribution in [3.05, 3.63) is 90.5 Å². The number of hydrogen-bond acceptors (Lipinski definition) is 6. The van der Waals surface area contributed by atoms with Crippen LogP contribution in [0, 0.1) is 17.8 Å². The molecule has 5 rings (SSSR count). The molecule has 9 heteroatoms. The summed E-state index contributed by atoms with van der Waals surface area (Å²) < 4.78 is 4.81. The highest BCUT2D eigenvalue weighted by atomic mass is 35.5. The lowest BCUT2D eigenvalue weighted by molar-refractivity contribution is -0.155. The Balaban J connectivity index is 1.62. The number of amides is 2. The molecule has 2 amide bonds. The predicted molar refractivity (Wildman–Crippen MR) is 166 cm³/mol. The van der Waals surface area contributed by atoms with Gasteiger partial charge in [0.25, 0.3) is 5.91 Å². The van der Waals surface area contributed by atoms with E-state index in [0.717, 1.165) is 6.42 Å². The summed E-state index contributed by atoms with van der Waals surface area (Å²) in [5, 5.41) is 11.0. The van der Waals surface area contributed by atoms with Crippen LogP contribution in [0.15, 0.2) is 79.9 Å². The summed E-state index contributed by atoms with van der Waals surface area (Å²) >= 11 is 8.16. The van der Waals surface area contributed by atoms with Gasteiger partial charge in [0.15, 0.2) is 0 Å². The van der Waals surface area contributed by atoms with E-state index in [-0.39, 0.29) is 42.7 Å². The number of likely N-dealkylation sites (tertiary alicyclic amines) is 1. The number of fused-ring (bicyclic) bond motifs is 1. The zero-order valence-corrected chi connectivity index (χ0v) is 25.3. The summed E-state index contributed by atoms with van der Waals surface area (Å²) in [6, 6.07) is 14.6. The zero-order valence-electron chi connectivity index (χ0n) is 23.7. The molecule has 3 saturated heterocycles. The number of thioether (sulfide) groups is 1. The van der Waals surface area contributed by atoms with Gasteiger partial charge in [0.1, 0.15) is 6.04 Å². The van der Waals surface area contributed by atoms with Gasteiger partial charge in [-0.25, -0.2) is 0 Å². The van der Waals surface area contributed by atoms with Gasteiger partial charge in [-0.05, 0) is 42.9 Å². The van der Waals surface area contributed by atoms with Crippen molar-refractivity contribution in [3.63, 3.8) is 0 Å². The Morgan fingerprint density at radius 1 is 1.19 bits per heavy atom. The van der Waals surface area contributed by atoms with Crippen molar-refractivity contribution in [3.8, 4) is 0 Å². The molecule has 2 aromatic carbocycles. The van der Waals surface area contributed by atoms with Crippen molar-refractivity contribution in [2.75, 3.05) is 24.7 Å². The van der Waals surface area contributed by atoms with E-state index < -0.39 is 34.6 Å². The van der Waals surface area contributed by atoms with Crippen molar-refractivity contribution in [1.82, 2.24) is 4.90 Å². The maximum atomic E-state index is 14.9. The number of benzene rings is 2. The van der Waals surface area contributed by atoms with E-state index in [4.69, 9.17) is 16.3 Å². The van der Waals surface area contributed by atoms with Gasteiger partial charge in [-0.1, -0.05) is 73.1 Å². The molecule has 0 aliphatic carbocycles. The molecule has 222 valence electrons. The second-order valence-corrected chi connectivity index (χ2v) is 13.1. The summed E-state index contributed by atoms with van der Waals surface area (Å²) in [4.78, 5) is 46.2. The smallest absolute Gasteiger partial charge is 0.310 e. The molecule has 7 nitrogen and oxygen atoms in total. The third-order valence-corrected chi connectivity index (χ3v) is 11.3. The fourth-order valence-corrected chi connectivity index (χ4v) is 9.75. The van der Waals surface area contributed by atoms with Crippen LogP contribution in [-0.2, 0) is 19.1 Å². The van der Waals surface area contributed by atoms with Gasteiger partial charge in [-0.15, -0.1) is 24.9 Å². The Morgan fingerprint density at radius 2 is 1.90 bits per heavy atom. The molecule has 2 aromatic rings. The number of esters is 1. The summed E-state index contributed by atoms with van der Waals surface area (Å²) in [6.45, 7) is 9.69. The number of halogens is 1. The van der Waals surface area contributed by atoms with Crippen molar-refractivity contribution in [1.29, 1.82) is 0 Å². The summed E-state index contributed by atoms with van der Waals surface area (Å²) in [5.74, 6) is -2.49. The average Bonchev–Trinajstić information content (AvgIpc) is 3.59. The Morgan fingerprint density at radius 3 is 2.57 bits per heavy atom. The number of allylic oxidation sites excluding steroid dienone is 1. The number of hydrogen-bond donors (Lipinski definition) is 1. The molecule has 0 radical (unpaired) electrons. The first-order valence-electron chi connectivity index (χ1n) is 14.4. The lowest BCUT2D eigenvalue weighted by Gasteiger charge is -2.42. The van der Waals surface area contributed by atoms with Gasteiger partial charge in [0.05, 0.1) is 46.5 Å². The number of carbonyl (C=O) groups is 3. The molecular weight excluding hydrogens is 572 g/mol. The zero-order chi connectivity index (χ0) is 30.0. The SMILES string of the molecule is C=CCCCOC(=O)[C@@H]1[C@@H]2CC(C)C3(S2)C(C(=O)N(CC=C)c2ccccc2Cl)N([C@H](CO)c2ccccc2)C(=O)[C@H]13. The van der Waals surface area contributed by atoms with Crippen LogP contribution in [0.3, 0.4) is 0 Å². The van der Waals surface area contributed by atoms with Gasteiger partial charge in [-0.2, -0.15) is 0 Å². The summed E-state index contributed by atoms with van der Waals surface area (Å²) in [6.07, 6.45) is 5.47. The van der Waals surface area contributed by atoms with Crippen molar-refractivity contribution < 1.29 is 24.2 Å². The van der Waals surface area contributed by atoms with Gasteiger partial charge in [0, 0.05) is 11.8 Å². The van der Waals surface area contributed by atoms with Crippen LogP contribution >= 0.6 is 23.4 Å². The Labute approximate surface area is 256 Å². The van der Waals surface area contributed by atoms with Gasteiger partial charge < -0.3 is 19.6 Å². The molecule has 1 N–H and O–H groups in total. The highest BCUT2D eigenvalue weighted by Crippen LogP contribution is 2.69. The number of ether oxygens (including phenoxy) is 1. The molecule has 1 spiro atoms. The van der Waals surface area contributed by atoms with Gasteiger partial charge in [-0.3, -0.25) is 14.4 Å². The van der Waals surface area contributed by atoms with E-state index in [0.29, 0.717) is 29.1 Å². The summed E-state index contributed by atoms with van der Waals surface area (Å²) in [5.41, 5.74) is 1.23. The molecule has 3 aliphatic rings. The first-order valence-corrected chi connectivity index (χ1v) is 15.7. The number of carbonyl (C=O) groups excluding carboxylic acids is 3. The highest BCUT2D eigenvalue weighted by molar-refractivity contribution is 8.02. The van der Waals surface area contributed by atoms with Crippen LogP contribution in [0.25, 0.3) is 0 Å². The number of unbranched alkanes of at least 4 members (excludes halogenated alkanes) is 1.